The van der Waals surface area contributed by atoms with Gasteiger partial charge in [0.1, 0.15) is 0 Å². The lowest BCUT2D eigenvalue weighted by atomic mass is 9.98. The minimum absolute atomic E-state index is 0.516. The maximum absolute atomic E-state index is 11.0. The minimum atomic E-state index is -0.798. The predicted molar refractivity (Wildman–Crippen MR) is 60.9 cm³/mol. The smallest absolute Gasteiger partial charge is 0.314 e. The molecular formula is C13H16O2. The summed E-state index contributed by atoms with van der Waals surface area (Å²) in [4.78, 5) is 11.0. The summed E-state index contributed by atoms with van der Waals surface area (Å²) in [7, 11) is 0. The monoisotopic (exact) mass is 204 g/mol. The van der Waals surface area contributed by atoms with Gasteiger partial charge in [0, 0.05) is 0 Å². The van der Waals surface area contributed by atoms with Crippen LogP contribution in [-0.2, 0) is 4.79 Å². The predicted octanol–water partition coefficient (Wildman–Crippen LogP) is 3.21. The number of allylic oxidation sites excluding steroid dienone is 1. The van der Waals surface area contributed by atoms with E-state index < -0.39 is 11.9 Å². The van der Waals surface area contributed by atoms with Gasteiger partial charge in [0.2, 0.25) is 0 Å². The average Bonchev–Trinajstić information content (AvgIpc) is 2.25. The van der Waals surface area contributed by atoms with Crippen molar-refractivity contribution in [3.63, 3.8) is 0 Å². The van der Waals surface area contributed by atoms with E-state index in [0.29, 0.717) is 0 Å². The molecule has 0 heterocycles. The number of rotatable bonds is 5. The van der Waals surface area contributed by atoms with Gasteiger partial charge in [-0.2, -0.15) is 0 Å². The molecular weight excluding hydrogens is 188 g/mol. The van der Waals surface area contributed by atoms with E-state index in [0.717, 1.165) is 18.4 Å². The van der Waals surface area contributed by atoms with Crippen molar-refractivity contribution < 1.29 is 9.90 Å². The summed E-state index contributed by atoms with van der Waals surface area (Å²) in [5, 5.41) is 9.07. The fourth-order valence-corrected chi connectivity index (χ4v) is 1.40. The van der Waals surface area contributed by atoms with Crippen LogP contribution in [0.2, 0.25) is 0 Å². The second-order valence-electron chi connectivity index (χ2n) is 3.44. The van der Waals surface area contributed by atoms with E-state index in [-0.39, 0.29) is 0 Å². The molecule has 1 aromatic rings. The third-order valence-electron chi connectivity index (χ3n) is 2.21. The Morgan fingerprint density at radius 3 is 2.60 bits per heavy atom. The molecule has 0 spiro atoms. The van der Waals surface area contributed by atoms with Crippen LogP contribution in [0.3, 0.4) is 0 Å². The van der Waals surface area contributed by atoms with Crippen LogP contribution in [0.1, 0.15) is 31.2 Å². The maximum atomic E-state index is 11.0. The summed E-state index contributed by atoms with van der Waals surface area (Å²) in [6.45, 7) is 2.07. The third-order valence-corrected chi connectivity index (χ3v) is 2.21. The molecule has 0 aromatic heterocycles. The third kappa shape index (κ3) is 3.58. The quantitative estimate of drug-likeness (QED) is 0.748. The van der Waals surface area contributed by atoms with Gasteiger partial charge in [-0.3, -0.25) is 4.79 Å². The first-order chi connectivity index (χ1) is 7.25. The van der Waals surface area contributed by atoms with Gasteiger partial charge >= 0.3 is 5.97 Å². The summed E-state index contributed by atoms with van der Waals surface area (Å²) < 4.78 is 0. The zero-order valence-electron chi connectivity index (χ0n) is 8.89. The fraction of sp³-hybridized carbons (Fsp3) is 0.308. The van der Waals surface area contributed by atoms with Gasteiger partial charge in [0.15, 0.2) is 0 Å². The zero-order chi connectivity index (χ0) is 11.1. The molecule has 0 aliphatic rings. The Morgan fingerprint density at radius 1 is 1.40 bits per heavy atom. The van der Waals surface area contributed by atoms with Crippen LogP contribution in [0.15, 0.2) is 42.5 Å². The van der Waals surface area contributed by atoms with Crippen LogP contribution >= 0.6 is 0 Å². The Hall–Kier alpha value is -1.57. The van der Waals surface area contributed by atoms with Gasteiger partial charge in [-0.15, -0.1) is 0 Å². The molecule has 2 nitrogen and oxygen atoms in total. The van der Waals surface area contributed by atoms with Crippen LogP contribution in [0.25, 0.3) is 0 Å². The first-order valence-electron chi connectivity index (χ1n) is 5.20. The van der Waals surface area contributed by atoms with E-state index in [2.05, 4.69) is 6.92 Å². The Morgan fingerprint density at radius 2 is 2.07 bits per heavy atom. The van der Waals surface area contributed by atoms with E-state index in [1.807, 2.05) is 36.4 Å². The normalized spacial score (nSPS) is 12.9. The highest BCUT2D eigenvalue weighted by atomic mass is 16.4. The van der Waals surface area contributed by atoms with Gasteiger partial charge in [0.05, 0.1) is 5.92 Å². The number of aliphatic carboxylic acids is 1. The first-order valence-corrected chi connectivity index (χ1v) is 5.20. The molecule has 0 aliphatic carbocycles. The molecule has 1 unspecified atom stereocenters. The second kappa shape index (κ2) is 6.02. The lowest BCUT2D eigenvalue weighted by Crippen LogP contribution is -2.08. The molecule has 80 valence electrons. The van der Waals surface area contributed by atoms with E-state index in [4.69, 9.17) is 5.11 Å². The van der Waals surface area contributed by atoms with Crippen molar-refractivity contribution >= 4 is 5.97 Å². The van der Waals surface area contributed by atoms with E-state index >= 15 is 0 Å². The maximum Gasteiger partial charge on any atom is 0.314 e. The van der Waals surface area contributed by atoms with Crippen LogP contribution in [0.5, 0.6) is 0 Å². The number of carbonyl (C=O) groups is 1. The summed E-state index contributed by atoms with van der Waals surface area (Å²) in [5.41, 5.74) is 0.831. The molecule has 0 amide bonds. The molecule has 0 bridgehead atoms. The summed E-state index contributed by atoms with van der Waals surface area (Å²) in [5.74, 6) is -1.31. The molecule has 0 radical (unpaired) electrons. The largest absolute Gasteiger partial charge is 0.481 e. The SMILES string of the molecule is CCC/C=C/C(C(=O)O)c1ccccc1. The Bertz CT molecular complexity index is 328. The summed E-state index contributed by atoms with van der Waals surface area (Å²) in [6.07, 6.45) is 5.67. The lowest BCUT2D eigenvalue weighted by Gasteiger charge is -2.07. The van der Waals surface area contributed by atoms with Gasteiger partial charge in [-0.25, -0.2) is 0 Å². The molecule has 2 heteroatoms. The number of benzene rings is 1. The summed E-state index contributed by atoms with van der Waals surface area (Å²) in [6, 6.07) is 9.29. The van der Waals surface area contributed by atoms with Gasteiger partial charge < -0.3 is 5.11 Å². The highest BCUT2D eigenvalue weighted by molar-refractivity contribution is 5.78. The number of unbranched alkanes of at least 4 members (excludes halogenated alkanes) is 1. The molecule has 0 fully saturated rings. The van der Waals surface area contributed by atoms with Crippen LogP contribution in [0.4, 0.5) is 0 Å². The molecule has 0 saturated carbocycles. The highest BCUT2D eigenvalue weighted by Gasteiger charge is 2.15. The van der Waals surface area contributed by atoms with Crippen molar-refractivity contribution in [2.45, 2.75) is 25.7 Å². The van der Waals surface area contributed by atoms with Gasteiger partial charge in [0.25, 0.3) is 0 Å². The topological polar surface area (TPSA) is 37.3 Å². The second-order valence-corrected chi connectivity index (χ2v) is 3.44. The van der Waals surface area contributed by atoms with E-state index in [9.17, 15) is 4.79 Å². The molecule has 0 aliphatic heterocycles. The number of hydrogen-bond acceptors (Lipinski definition) is 1. The van der Waals surface area contributed by atoms with Crippen molar-refractivity contribution in [2.75, 3.05) is 0 Å². The van der Waals surface area contributed by atoms with Crippen LogP contribution < -0.4 is 0 Å². The number of carboxylic acids is 1. The first kappa shape index (κ1) is 11.5. The van der Waals surface area contributed by atoms with Gasteiger partial charge in [-0.05, 0) is 12.0 Å². The van der Waals surface area contributed by atoms with Crippen LogP contribution in [0, 0.1) is 0 Å². The van der Waals surface area contributed by atoms with Gasteiger partial charge in [-0.1, -0.05) is 55.8 Å². The Balaban J connectivity index is 2.80. The molecule has 1 rings (SSSR count). The van der Waals surface area contributed by atoms with Crippen molar-refractivity contribution in [1.29, 1.82) is 0 Å². The fourth-order valence-electron chi connectivity index (χ4n) is 1.40. The zero-order valence-corrected chi connectivity index (χ0v) is 8.89. The average molecular weight is 204 g/mol. The van der Waals surface area contributed by atoms with E-state index in [1.165, 1.54) is 0 Å². The highest BCUT2D eigenvalue weighted by Crippen LogP contribution is 2.17. The lowest BCUT2D eigenvalue weighted by molar-refractivity contribution is -0.137. The number of carboxylic acid groups (broad SMARTS) is 1. The molecule has 1 N–H and O–H groups in total. The summed E-state index contributed by atoms with van der Waals surface area (Å²) >= 11 is 0. The molecule has 0 saturated heterocycles. The minimum Gasteiger partial charge on any atom is -0.481 e. The van der Waals surface area contributed by atoms with Crippen LogP contribution in [-0.4, -0.2) is 11.1 Å². The Kier molecular flexibility index (Phi) is 4.61. The van der Waals surface area contributed by atoms with Crippen molar-refractivity contribution in [1.82, 2.24) is 0 Å². The van der Waals surface area contributed by atoms with Crippen molar-refractivity contribution in [3.8, 4) is 0 Å². The molecule has 1 atom stereocenters. The van der Waals surface area contributed by atoms with Crippen molar-refractivity contribution in [3.05, 3.63) is 48.0 Å². The number of hydrogen-bond donors (Lipinski definition) is 1. The van der Waals surface area contributed by atoms with E-state index in [1.54, 1.807) is 6.08 Å². The molecule has 1 aromatic carbocycles. The Labute approximate surface area is 90.3 Å². The molecule has 15 heavy (non-hydrogen) atoms. The van der Waals surface area contributed by atoms with Crippen molar-refractivity contribution in [2.24, 2.45) is 0 Å². The standard InChI is InChI=1S/C13H16O2/c1-2-3-5-10-12(13(14)15)11-8-6-4-7-9-11/h4-10,12H,2-3H2,1H3,(H,14,15)/b10-5+.